The molecule has 17 heavy (non-hydrogen) atoms. The molecular formula is C10H17N5O2. The van der Waals surface area contributed by atoms with Gasteiger partial charge in [-0.1, -0.05) is 0 Å². The highest BCUT2D eigenvalue weighted by Crippen LogP contribution is 2.30. The molecule has 1 heterocycles. The van der Waals surface area contributed by atoms with Gasteiger partial charge in [-0.2, -0.15) is 5.10 Å². The Kier molecular flexibility index (Phi) is 3.01. The van der Waals surface area contributed by atoms with Crippen molar-refractivity contribution in [3.8, 4) is 0 Å². The van der Waals surface area contributed by atoms with Gasteiger partial charge < -0.3 is 11.1 Å². The molecule has 1 aliphatic rings. The van der Waals surface area contributed by atoms with Crippen LogP contribution in [0.3, 0.4) is 0 Å². The molecule has 2 atom stereocenters. The van der Waals surface area contributed by atoms with E-state index >= 15 is 0 Å². The topological polar surface area (TPSA) is 99.0 Å². The highest BCUT2D eigenvalue weighted by molar-refractivity contribution is 5.60. The summed E-state index contributed by atoms with van der Waals surface area (Å²) in [5, 5.41) is 18.2. The molecule has 0 aliphatic heterocycles. The Bertz CT molecular complexity index is 442. The summed E-state index contributed by atoms with van der Waals surface area (Å²) in [5.41, 5.74) is 6.42. The molecule has 1 fully saturated rings. The van der Waals surface area contributed by atoms with Crippen LogP contribution in [0, 0.1) is 17.0 Å². The van der Waals surface area contributed by atoms with Gasteiger partial charge >= 0.3 is 5.69 Å². The maximum absolute atomic E-state index is 11.0. The van der Waals surface area contributed by atoms with Crippen LogP contribution in [0.2, 0.25) is 0 Å². The van der Waals surface area contributed by atoms with Crippen molar-refractivity contribution < 1.29 is 4.92 Å². The van der Waals surface area contributed by atoms with Crippen molar-refractivity contribution >= 4 is 11.5 Å². The van der Waals surface area contributed by atoms with Crippen LogP contribution in [-0.4, -0.2) is 26.8 Å². The SMILES string of the molecule is Cc1nn(C)c(NC2CCCC2N)c1[N+](=O)[O-]. The Labute approximate surface area is 99.1 Å². The van der Waals surface area contributed by atoms with Gasteiger partial charge in [-0.15, -0.1) is 0 Å². The van der Waals surface area contributed by atoms with Crippen molar-refractivity contribution in [3.05, 3.63) is 15.8 Å². The van der Waals surface area contributed by atoms with Gasteiger partial charge in [0.2, 0.25) is 5.82 Å². The van der Waals surface area contributed by atoms with Crippen LogP contribution in [0.15, 0.2) is 0 Å². The molecule has 7 nitrogen and oxygen atoms in total. The van der Waals surface area contributed by atoms with Crippen molar-refractivity contribution in [2.45, 2.75) is 38.3 Å². The van der Waals surface area contributed by atoms with Crippen LogP contribution in [0.25, 0.3) is 0 Å². The maximum atomic E-state index is 11.0. The van der Waals surface area contributed by atoms with Crippen molar-refractivity contribution in [1.29, 1.82) is 0 Å². The number of anilines is 1. The van der Waals surface area contributed by atoms with Crippen molar-refractivity contribution in [3.63, 3.8) is 0 Å². The third kappa shape index (κ3) is 2.10. The first-order valence-electron chi connectivity index (χ1n) is 5.71. The predicted molar refractivity (Wildman–Crippen MR) is 63.8 cm³/mol. The molecule has 0 radical (unpaired) electrons. The molecule has 0 amide bonds. The molecule has 0 saturated heterocycles. The molecule has 94 valence electrons. The van der Waals surface area contributed by atoms with Gasteiger partial charge in [-0.25, -0.2) is 4.68 Å². The summed E-state index contributed by atoms with van der Waals surface area (Å²) in [6.45, 7) is 1.64. The number of hydrogen-bond acceptors (Lipinski definition) is 5. The average Bonchev–Trinajstić information content (AvgIpc) is 2.73. The fraction of sp³-hybridized carbons (Fsp3) is 0.700. The Morgan fingerprint density at radius 3 is 2.82 bits per heavy atom. The zero-order valence-corrected chi connectivity index (χ0v) is 10.0. The highest BCUT2D eigenvalue weighted by Gasteiger charge is 2.30. The molecule has 7 heteroatoms. The lowest BCUT2D eigenvalue weighted by atomic mass is 10.2. The second-order valence-corrected chi connectivity index (χ2v) is 4.51. The van der Waals surface area contributed by atoms with Gasteiger partial charge in [0, 0.05) is 19.1 Å². The summed E-state index contributed by atoms with van der Waals surface area (Å²) in [4.78, 5) is 10.6. The zero-order valence-electron chi connectivity index (χ0n) is 10.0. The largest absolute Gasteiger partial charge is 0.360 e. The second kappa shape index (κ2) is 4.33. The third-order valence-corrected chi connectivity index (χ3v) is 3.26. The van der Waals surface area contributed by atoms with E-state index in [2.05, 4.69) is 10.4 Å². The molecule has 0 bridgehead atoms. The molecule has 1 aromatic rings. The molecule has 0 aromatic carbocycles. The van der Waals surface area contributed by atoms with Crippen molar-refractivity contribution in [2.24, 2.45) is 12.8 Å². The van der Waals surface area contributed by atoms with Crippen LogP contribution in [0.5, 0.6) is 0 Å². The zero-order chi connectivity index (χ0) is 12.6. The summed E-state index contributed by atoms with van der Waals surface area (Å²) in [6.07, 6.45) is 2.97. The fourth-order valence-electron chi connectivity index (χ4n) is 2.37. The van der Waals surface area contributed by atoms with Crippen molar-refractivity contribution in [2.75, 3.05) is 5.32 Å². The van der Waals surface area contributed by atoms with E-state index in [4.69, 9.17) is 5.73 Å². The molecule has 3 N–H and O–H groups in total. The van der Waals surface area contributed by atoms with E-state index in [-0.39, 0.29) is 17.8 Å². The first kappa shape index (κ1) is 11.8. The fourth-order valence-corrected chi connectivity index (χ4v) is 2.37. The summed E-state index contributed by atoms with van der Waals surface area (Å²) < 4.78 is 1.51. The minimum atomic E-state index is -0.398. The van der Waals surface area contributed by atoms with E-state index in [9.17, 15) is 10.1 Å². The lowest BCUT2D eigenvalue weighted by Crippen LogP contribution is -2.35. The second-order valence-electron chi connectivity index (χ2n) is 4.51. The molecule has 2 rings (SSSR count). The summed E-state index contributed by atoms with van der Waals surface area (Å²) in [6, 6.07) is 0.160. The van der Waals surface area contributed by atoms with Crippen LogP contribution in [0.4, 0.5) is 11.5 Å². The standard InChI is InChI=1S/C10H17N5O2/c1-6-9(15(16)17)10(14(2)13-6)12-8-5-3-4-7(8)11/h7-8,12H,3-5,11H2,1-2H3. The van der Waals surface area contributed by atoms with Gasteiger partial charge in [-0.3, -0.25) is 10.1 Å². The Morgan fingerprint density at radius 2 is 2.29 bits per heavy atom. The van der Waals surface area contributed by atoms with Gasteiger partial charge in [0.1, 0.15) is 5.69 Å². The number of aryl methyl sites for hydroxylation is 2. The Hall–Kier alpha value is -1.63. The maximum Gasteiger partial charge on any atom is 0.333 e. The smallest absolute Gasteiger partial charge is 0.333 e. The number of hydrogen-bond donors (Lipinski definition) is 2. The molecule has 1 aromatic heterocycles. The predicted octanol–water partition coefficient (Wildman–Crippen LogP) is 0.928. The number of nitro groups is 1. The number of nitrogens with zero attached hydrogens (tertiary/aromatic N) is 3. The quantitative estimate of drug-likeness (QED) is 0.603. The van der Waals surface area contributed by atoms with E-state index in [0.29, 0.717) is 11.5 Å². The molecular weight excluding hydrogens is 222 g/mol. The number of rotatable bonds is 3. The van der Waals surface area contributed by atoms with Crippen LogP contribution >= 0.6 is 0 Å². The third-order valence-electron chi connectivity index (χ3n) is 3.26. The van der Waals surface area contributed by atoms with Crippen molar-refractivity contribution in [1.82, 2.24) is 9.78 Å². The lowest BCUT2D eigenvalue weighted by Gasteiger charge is -2.17. The van der Waals surface area contributed by atoms with Gasteiger partial charge in [0.05, 0.1) is 4.92 Å². The Balaban J connectivity index is 2.28. The van der Waals surface area contributed by atoms with E-state index in [1.54, 1.807) is 14.0 Å². The number of nitrogens with one attached hydrogen (secondary N) is 1. The van der Waals surface area contributed by atoms with Crippen LogP contribution in [-0.2, 0) is 7.05 Å². The van der Waals surface area contributed by atoms with Gasteiger partial charge in [-0.05, 0) is 26.2 Å². The van der Waals surface area contributed by atoms with E-state index in [1.165, 1.54) is 4.68 Å². The first-order chi connectivity index (χ1) is 8.00. The van der Waals surface area contributed by atoms with Crippen LogP contribution in [0.1, 0.15) is 25.0 Å². The summed E-state index contributed by atoms with van der Waals surface area (Å²) >= 11 is 0. The molecule has 0 spiro atoms. The summed E-state index contributed by atoms with van der Waals surface area (Å²) in [5.74, 6) is 0.454. The monoisotopic (exact) mass is 239 g/mol. The lowest BCUT2D eigenvalue weighted by molar-refractivity contribution is -0.384. The molecule has 1 aliphatic carbocycles. The number of nitrogens with two attached hydrogens (primary N) is 1. The normalized spacial score (nSPS) is 23.9. The van der Waals surface area contributed by atoms with Crippen LogP contribution < -0.4 is 11.1 Å². The number of aromatic nitrogens is 2. The highest BCUT2D eigenvalue weighted by atomic mass is 16.6. The van der Waals surface area contributed by atoms with E-state index in [0.717, 1.165) is 19.3 Å². The minimum Gasteiger partial charge on any atom is -0.360 e. The van der Waals surface area contributed by atoms with E-state index in [1.807, 2.05) is 0 Å². The average molecular weight is 239 g/mol. The Morgan fingerprint density at radius 1 is 1.59 bits per heavy atom. The molecule has 1 saturated carbocycles. The van der Waals surface area contributed by atoms with E-state index < -0.39 is 4.92 Å². The first-order valence-corrected chi connectivity index (χ1v) is 5.71. The molecule has 2 unspecified atom stereocenters. The van der Waals surface area contributed by atoms with Gasteiger partial charge in [0.15, 0.2) is 0 Å². The van der Waals surface area contributed by atoms with Gasteiger partial charge in [0.25, 0.3) is 0 Å². The minimum absolute atomic E-state index is 0.0478. The summed E-state index contributed by atoms with van der Waals surface area (Å²) in [7, 11) is 1.70.